The average molecular weight is 224 g/mol. The minimum atomic E-state index is -0.337. The molecule has 3 nitrogen and oxygen atoms in total. The third-order valence-electron chi connectivity index (χ3n) is 3.34. The Labute approximate surface area is 94.8 Å². The van der Waals surface area contributed by atoms with E-state index in [1.165, 1.54) is 32.4 Å². The summed E-state index contributed by atoms with van der Waals surface area (Å²) in [5.74, 6) is 6.05. The first kappa shape index (κ1) is 11.4. The largest absolute Gasteiger partial charge is 0.494 e. The van der Waals surface area contributed by atoms with E-state index in [1.54, 1.807) is 12.1 Å². The predicted octanol–water partition coefficient (Wildman–Crippen LogP) is 2.14. The van der Waals surface area contributed by atoms with Crippen molar-refractivity contribution in [3.8, 4) is 5.75 Å². The second kappa shape index (κ2) is 4.80. The van der Waals surface area contributed by atoms with E-state index < -0.39 is 0 Å². The van der Waals surface area contributed by atoms with Crippen LogP contribution in [0.3, 0.4) is 0 Å². The van der Waals surface area contributed by atoms with Gasteiger partial charge in [-0.1, -0.05) is 12.5 Å². The summed E-state index contributed by atoms with van der Waals surface area (Å²) in [4.78, 5) is 0. The van der Waals surface area contributed by atoms with Gasteiger partial charge in [-0.2, -0.15) is 0 Å². The topological polar surface area (TPSA) is 47.3 Å². The smallest absolute Gasteiger partial charge is 0.165 e. The normalized spacial score (nSPS) is 17.9. The molecule has 3 N–H and O–H groups in total. The number of halogens is 1. The molecular formula is C12H17FN2O. The molecule has 1 aliphatic rings. The summed E-state index contributed by atoms with van der Waals surface area (Å²) in [6.45, 7) is 0. The van der Waals surface area contributed by atoms with E-state index in [9.17, 15) is 4.39 Å². The second-order valence-corrected chi connectivity index (χ2v) is 4.23. The number of hydrazine groups is 1. The molecule has 0 spiro atoms. The third-order valence-corrected chi connectivity index (χ3v) is 3.34. The Morgan fingerprint density at radius 2 is 2.25 bits per heavy atom. The predicted molar refractivity (Wildman–Crippen MR) is 60.4 cm³/mol. The zero-order valence-corrected chi connectivity index (χ0v) is 9.37. The van der Waals surface area contributed by atoms with Crippen LogP contribution in [0.2, 0.25) is 0 Å². The maximum atomic E-state index is 13.3. The summed E-state index contributed by atoms with van der Waals surface area (Å²) in [6, 6.07) is 5.01. The summed E-state index contributed by atoms with van der Waals surface area (Å²) in [5.41, 5.74) is 3.80. The van der Waals surface area contributed by atoms with Gasteiger partial charge in [0, 0.05) is 6.04 Å². The van der Waals surface area contributed by atoms with Crippen molar-refractivity contribution in [2.75, 3.05) is 7.11 Å². The van der Waals surface area contributed by atoms with Crippen LogP contribution >= 0.6 is 0 Å². The van der Waals surface area contributed by atoms with Gasteiger partial charge >= 0.3 is 0 Å². The lowest BCUT2D eigenvalue weighted by Gasteiger charge is -2.33. The molecule has 88 valence electrons. The maximum Gasteiger partial charge on any atom is 0.165 e. The molecule has 1 fully saturated rings. The first-order chi connectivity index (χ1) is 7.76. The molecule has 1 atom stereocenters. The molecule has 1 saturated carbocycles. The Bertz CT molecular complexity index is 366. The van der Waals surface area contributed by atoms with Crippen molar-refractivity contribution in [3.05, 3.63) is 29.6 Å². The molecule has 0 heterocycles. The lowest BCUT2D eigenvalue weighted by atomic mass is 9.77. The van der Waals surface area contributed by atoms with Crippen LogP contribution in [-0.2, 0) is 0 Å². The van der Waals surface area contributed by atoms with Crippen LogP contribution in [0.25, 0.3) is 0 Å². The van der Waals surface area contributed by atoms with Crippen molar-refractivity contribution in [2.24, 2.45) is 11.8 Å². The Balaban J connectivity index is 2.23. The van der Waals surface area contributed by atoms with Crippen LogP contribution in [-0.4, -0.2) is 7.11 Å². The highest BCUT2D eigenvalue weighted by molar-refractivity contribution is 5.32. The molecular weight excluding hydrogens is 207 g/mol. The molecule has 2 rings (SSSR count). The van der Waals surface area contributed by atoms with E-state index in [4.69, 9.17) is 10.6 Å². The number of ether oxygens (including phenoxy) is 1. The van der Waals surface area contributed by atoms with Gasteiger partial charge in [-0.05, 0) is 36.5 Å². The van der Waals surface area contributed by atoms with Crippen molar-refractivity contribution in [1.29, 1.82) is 0 Å². The van der Waals surface area contributed by atoms with Crippen molar-refractivity contribution in [1.82, 2.24) is 5.43 Å². The quantitative estimate of drug-likeness (QED) is 0.608. The summed E-state index contributed by atoms with van der Waals surface area (Å²) < 4.78 is 18.2. The van der Waals surface area contributed by atoms with Crippen molar-refractivity contribution >= 4 is 0 Å². The van der Waals surface area contributed by atoms with Gasteiger partial charge < -0.3 is 4.74 Å². The Kier molecular flexibility index (Phi) is 3.41. The first-order valence-electron chi connectivity index (χ1n) is 5.56. The zero-order chi connectivity index (χ0) is 11.5. The fraction of sp³-hybridized carbons (Fsp3) is 0.500. The molecule has 0 amide bonds. The Morgan fingerprint density at radius 3 is 2.75 bits per heavy atom. The van der Waals surface area contributed by atoms with Gasteiger partial charge in [0.1, 0.15) is 0 Å². The second-order valence-electron chi connectivity index (χ2n) is 4.23. The fourth-order valence-electron chi connectivity index (χ4n) is 2.15. The SMILES string of the molecule is COc1cc(C(NN)C2CCC2)ccc1F. The van der Waals surface area contributed by atoms with Gasteiger partial charge in [0.05, 0.1) is 7.11 Å². The Morgan fingerprint density at radius 1 is 1.50 bits per heavy atom. The van der Waals surface area contributed by atoms with Crippen molar-refractivity contribution in [2.45, 2.75) is 25.3 Å². The summed E-state index contributed by atoms with van der Waals surface area (Å²) in [5, 5.41) is 0. The van der Waals surface area contributed by atoms with Crippen LogP contribution in [0.5, 0.6) is 5.75 Å². The van der Waals surface area contributed by atoms with Crippen LogP contribution in [0.15, 0.2) is 18.2 Å². The van der Waals surface area contributed by atoms with Gasteiger partial charge in [0.25, 0.3) is 0 Å². The minimum Gasteiger partial charge on any atom is -0.494 e. The molecule has 0 saturated heterocycles. The fourth-order valence-corrected chi connectivity index (χ4v) is 2.15. The van der Waals surface area contributed by atoms with E-state index in [0.29, 0.717) is 5.92 Å². The molecule has 0 radical (unpaired) electrons. The van der Waals surface area contributed by atoms with Crippen LogP contribution in [0.1, 0.15) is 30.9 Å². The number of hydrogen-bond donors (Lipinski definition) is 2. The average Bonchev–Trinajstić information content (AvgIpc) is 2.24. The molecule has 16 heavy (non-hydrogen) atoms. The van der Waals surface area contributed by atoms with Crippen molar-refractivity contribution in [3.63, 3.8) is 0 Å². The van der Waals surface area contributed by atoms with Crippen LogP contribution in [0, 0.1) is 11.7 Å². The molecule has 1 unspecified atom stereocenters. The van der Waals surface area contributed by atoms with E-state index in [-0.39, 0.29) is 17.6 Å². The van der Waals surface area contributed by atoms with E-state index in [1.807, 2.05) is 0 Å². The molecule has 0 aromatic heterocycles. The highest BCUT2D eigenvalue weighted by Crippen LogP contribution is 2.38. The van der Waals surface area contributed by atoms with Gasteiger partial charge in [-0.3, -0.25) is 11.3 Å². The van der Waals surface area contributed by atoms with Gasteiger partial charge in [-0.15, -0.1) is 0 Å². The minimum absolute atomic E-state index is 0.100. The number of rotatable bonds is 4. The highest BCUT2D eigenvalue weighted by Gasteiger charge is 2.28. The Hall–Kier alpha value is -1.13. The molecule has 0 bridgehead atoms. The summed E-state index contributed by atoms with van der Waals surface area (Å²) in [7, 11) is 1.47. The van der Waals surface area contributed by atoms with Gasteiger partial charge in [-0.25, -0.2) is 4.39 Å². The number of hydrogen-bond acceptors (Lipinski definition) is 3. The van der Waals surface area contributed by atoms with E-state index in [0.717, 1.165) is 5.56 Å². The highest BCUT2D eigenvalue weighted by atomic mass is 19.1. The molecule has 0 aliphatic heterocycles. The monoisotopic (exact) mass is 224 g/mol. The van der Waals surface area contributed by atoms with E-state index in [2.05, 4.69) is 5.43 Å². The van der Waals surface area contributed by atoms with Gasteiger partial charge in [0.15, 0.2) is 11.6 Å². The van der Waals surface area contributed by atoms with Gasteiger partial charge in [0.2, 0.25) is 0 Å². The maximum absolute atomic E-state index is 13.3. The number of nitrogens with two attached hydrogens (primary N) is 1. The first-order valence-corrected chi connectivity index (χ1v) is 5.56. The molecule has 4 heteroatoms. The summed E-state index contributed by atoms with van der Waals surface area (Å²) >= 11 is 0. The zero-order valence-electron chi connectivity index (χ0n) is 9.37. The third kappa shape index (κ3) is 2.03. The van der Waals surface area contributed by atoms with E-state index >= 15 is 0 Å². The lowest BCUT2D eigenvalue weighted by molar-refractivity contribution is 0.231. The summed E-state index contributed by atoms with van der Waals surface area (Å²) in [6.07, 6.45) is 3.60. The number of nitrogens with one attached hydrogen (secondary N) is 1. The van der Waals surface area contributed by atoms with Crippen molar-refractivity contribution < 1.29 is 9.13 Å². The number of methoxy groups -OCH3 is 1. The van der Waals surface area contributed by atoms with Crippen LogP contribution in [0.4, 0.5) is 4.39 Å². The number of benzene rings is 1. The van der Waals surface area contributed by atoms with Crippen LogP contribution < -0.4 is 16.0 Å². The molecule has 1 aromatic carbocycles. The standard InChI is InChI=1S/C12H17FN2O/c1-16-11-7-9(5-6-10(11)13)12(15-14)8-3-2-4-8/h5-8,12,15H,2-4,14H2,1H3. The molecule has 1 aromatic rings. The lowest BCUT2D eigenvalue weighted by Crippen LogP contribution is -2.36. The molecule has 1 aliphatic carbocycles.